The van der Waals surface area contributed by atoms with Crippen LogP contribution in [0.4, 0.5) is 5.69 Å². The van der Waals surface area contributed by atoms with Crippen molar-refractivity contribution in [2.24, 2.45) is 0 Å². The van der Waals surface area contributed by atoms with Crippen LogP contribution in [-0.4, -0.2) is 37.6 Å². The quantitative estimate of drug-likeness (QED) is 0.668. The first-order valence-electron chi connectivity index (χ1n) is 9.37. The number of amides is 2. The summed E-state index contributed by atoms with van der Waals surface area (Å²) < 4.78 is 26.6. The SMILES string of the molecule is CN(C(=O)c1ccc2c(c1)S(=O)(=O)N(C1CC1)C2=O)c1ccc2ccccc2c1. The van der Waals surface area contributed by atoms with Crippen LogP contribution in [0.25, 0.3) is 10.8 Å². The molecule has 0 saturated heterocycles. The van der Waals surface area contributed by atoms with Crippen LogP contribution in [-0.2, 0) is 10.0 Å². The first-order chi connectivity index (χ1) is 13.9. The first-order valence-corrected chi connectivity index (χ1v) is 10.8. The number of fused-ring (bicyclic) bond motifs is 2. The van der Waals surface area contributed by atoms with E-state index in [0.717, 1.165) is 15.1 Å². The normalized spacial score (nSPS) is 17.4. The summed E-state index contributed by atoms with van der Waals surface area (Å²) in [7, 11) is -2.25. The van der Waals surface area contributed by atoms with E-state index in [1.54, 1.807) is 7.05 Å². The van der Waals surface area contributed by atoms with Crippen LogP contribution in [0.3, 0.4) is 0 Å². The molecular weight excluding hydrogens is 388 g/mol. The Kier molecular flexibility index (Phi) is 3.79. The van der Waals surface area contributed by atoms with Crippen LogP contribution in [0.5, 0.6) is 0 Å². The fraction of sp³-hybridized carbons (Fsp3) is 0.182. The lowest BCUT2D eigenvalue weighted by molar-refractivity contribution is 0.0864. The van der Waals surface area contributed by atoms with Gasteiger partial charge in [-0.05, 0) is 53.9 Å². The highest BCUT2D eigenvalue weighted by Crippen LogP contribution is 2.39. The van der Waals surface area contributed by atoms with Crippen molar-refractivity contribution in [2.75, 3.05) is 11.9 Å². The Morgan fingerprint density at radius 1 is 1.00 bits per heavy atom. The standard InChI is InChI=1S/C22H18N2O4S/c1-23(18-8-6-14-4-2-3-5-15(14)12-18)21(25)16-7-11-19-20(13-16)29(27,28)24(22(19)26)17-9-10-17/h2-8,11-13,17H,9-10H2,1H3. The second kappa shape index (κ2) is 6.15. The highest BCUT2D eigenvalue weighted by atomic mass is 32.2. The molecule has 0 N–H and O–H groups in total. The molecule has 0 spiro atoms. The van der Waals surface area contributed by atoms with Gasteiger partial charge in [0, 0.05) is 24.3 Å². The largest absolute Gasteiger partial charge is 0.311 e. The second-order valence-electron chi connectivity index (χ2n) is 7.44. The molecule has 1 fully saturated rings. The van der Waals surface area contributed by atoms with Gasteiger partial charge in [0.05, 0.1) is 5.56 Å². The lowest BCUT2D eigenvalue weighted by Gasteiger charge is -2.18. The lowest BCUT2D eigenvalue weighted by Crippen LogP contribution is -2.32. The molecule has 1 heterocycles. The van der Waals surface area contributed by atoms with E-state index in [-0.39, 0.29) is 28.0 Å². The summed E-state index contributed by atoms with van der Waals surface area (Å²) in [6.45, 7) is 0. The van der Waals surface area contributed by atoms with Crippen molar-refractivity contribution in [3.8, 4) is 0 Å². The molecule has 6 nitrogen and oxygen atoms in total. The number of rotatable bonds is 3. The van der Waals surface area contributed by atoms with Gasteiger partial charge >= 0.3 is 0 Å². The number of benzene rings is 3. The Balaban J connectivity index is 1.51. The van der Waals surface area contributed by atoms with Crippen molar-refractivity contribution >= 4 is 38.3 Å². The smallest absolute Gasteiger partial charge is 0.269 e. The molecule has 3 aromatic carbocycles. The molecule has 1 aliphatic heterocycles. The van der Waals surface area contributed by atoms with Gasteiger partial charge in [0.1, 0.15) is 4.90 Å². The summed E-state index contributed by atoms with van der Waals surface area (Å²) in [5.41, 5.74) is 1.07. The van der Waals surface area contributed by atoms with E-state index in [1.165, 1.54) is 23.1 Å². The van der Waals surface area contributed by atoms with E-state index >= 15 is 0 Å². The minimum absolute atomic E-state index is 0.0767. The molecule has 5 rings (SSSR count). The Labute approximate surface area is 168 Å². The summed E-state index contributed by atoms with van der Waals surface area (Å²) in [6, 6.07) is 17.6. The molecule has 2 aliphatic rings. The summed E-state index contributed by atoms with van der Waals surface area (Å²) in [4.78, 5) is 26.9. The van der Waals surface area contributed by atoms with Gasteiger partial charge < -0.3 is 4.90 Å². The third-order valence-electron chi connectivity index (χ3n) is 5.50. The van der Waals surface area contributed by atoms with Gasteiger partial charge in [0.2, 0.25) is 0 Å². The fourth-order valence-corrected chi connectivity index (χ4v) is 5.59. The van der Waals surface area contributed by atoms with Gasteiger partial charge in [-0.3, -0.25) is 9.59 Å². The van der Waals surface area contributed by atoms with Crippen molar-refractivity contribution in [1.82, 2.24) is 4.31 Å². The number of hydrogen-bond acceptors (Lipinski definition) is 4. The zero-order valence-corrected chi connectivity index (χ0v) is 16.5. The van der Waals surface area contributed by atoms with E-state index in [4.69, 9.17) is 0 Å². The molecule has 146 valence electrons. The van der Waals surface area contributed by atoms with Crippen molar-refractivity contribution in [3.63, 3.8) is 0 Å². The maximum atomic E-state index is 13.0. The highest BCUT2D eigenvalue weighted by molar-refractivity contribution is 7.90. The number of nitrogens with zero attached hydrogens (tertiary/aromatic N) is 2. The topological polar surface area (TPSA) is 74.8 Å². The Morgan fingerprint density at radius 3 is 2.45 bits per heavy atom. The Morgan fingerprint density at radius 2 is 1.72 bits per heavy atom. The van der Waals surface area contributed by atoms with Crippen molar-refractivity contribution in [1.29, 1.82) is 0 Å². The first kappa shape index (κ1) is 17.9. The van der Waals surface area contributed by atoms with Crippen LogP contribution < -0.4 is 4.90 Å². The van der Waals surface area contributed by atoms with E-state index in [1.807, 2.05) is 42.5 Å². The third kappa shape index (κ3) is 2.73. The van der Waals surface area contributed by atoms with Gasteiger partial charge in [-0.2, -0.15) is 0 Å². The van der Waals surface area contributed by atoms with Crippen LogP contribution in [0.15, 0.2) is 65.6 Å². The van der Waals surface area contributed by atoms with Crippen LogP contribution in [0.1, 0.15) is 33.6 Å². The zero-order chi connectivity index (χ0) is 20.3. The average Bonchev–Trinajstić information content (AvgIpc) is 3.53. The summed E-state index contributed by atoms with van der Waals surface area (Å²) in [5, 5.41) is 2.08. The average molecular weight is 406 g/mol. The predicted molar refractivity (Wildman–Crippen MR) is 110 cm³/mol. The van der Waals surface area contributed by atoms with E-state index in [0.29, 0.717) is 18.5 Å². The zero-order valence-electron chi connectivity index (χ0n) is 15.7. The molecule has 29 heavy (non-hydrogen) atoms. The van der Waals surface area contributed by atoms with Crippen molar-refractivity contribution < 1.29 is 18.0 Å². The Hall–Kier alpha value is -3.19. The molecule has 1 aliphatic carbocycles. The van der Waals surface area contributed by atoms with E-state index in [9.17, 15) is 18.0 Å². The summed E-state index contributed by atoms with van der Waals surface area (Å²) in [5.74, 6) is -0.833. The molecule has 0 unspecified atom stereocenters. The second-order valence-corrected chi connectivity index (χ2v) is 9.23. The van der Waals surface area contributed by atoms with Gasteiger partial charge in [-0.25, -0.2) is 12.7 Å². The number of anilines is 1. The summed E-state index contributed by atoms with van der Waals surface area (Å²) in [6.07, 6.45) is 1.38. The predicted octanol–water partition coefficient (Wildman–Crippen LogP) is 3.42. The molecule has 2 amide bonds. The van der Waals surface area contributed by atoms with E-state index in [2.05, 4.69) is 0 Å². The molecule has 3 aromatic rings. The number of carbonyl (C=O) groups excluding carboxylic acids is 2. The van der Waals surface area contributed by atoms with Crippen LogP contribution in [0.2, 0.25) is 0 Å². The van der Waals surface area contributed by atoms with Gasteiger partial charge in [-0.1, -0.05) is 30.3 Å². The summed E-state index contributed by atoms with van der Waals surface area (Å²) >= 11 is 0. The Bertz CT molecular complexity index is 1300. The van der Waals surface area contributed by atoms with Gasteiger partial charge in [-0.15, -0.1) is 0 Å². The van der Waals surface area contributed by atoms with Crippen LogP contribution >= 0.6 is 0 Å². The fourth-order valence-electron chi connectivity index (χ4n) is 3.75. The molecule has 0 radical (unpaired) electrons. The highest BCUT2D eigenvalue weighted by Gasteiger charge is 2.48. The molecule has 0 aromatic heterocycles. The molecule has 0 bridgehead atoms. The number of hydrogen-bond donors (Lipinski definition) is 0. The molecule has 7 heteroatoms. The van der Waals surface area contributed by atoms with Crippen molar-refractivity contribution in [2.45, 2.75) is 23.8 Å². The van der Waals surface area contributed by atoms with Crippen LogP contribution in [0, 0.1) is 0 Å². The molecule has 1 saturated carbocycles. The monoisotopic (exact) mass is 406 g/mol. The van der Waals surface area contributed by atoms with E-state index < -0.39 is 15.9 Å². The van der Waals surface area contributed by atoms with Gasteiger partial charge in [0.15, 0.2) is 0 Å². The third-order valence-corrected chi connectivity index (χ3v) is 7.37. The maximum absolute atomic E-state index is 13.0. The molecular formula is C22H18N2O4S. The number of carbonyl (C=O) groups is 2. The minimum atomic E-state index is -3.89. The minimum Gasteiger partial charge on any atom is -0.311 e. The lowest BCUT2D eigenvalue weighted by atomic mass is 10.1. The van der Waals surface area contributed by atoms with Crippen molar-refractivity contribution in [3.05, 3.63) is 71.8 Å². The molecule has 0 atom stereocenters. The van der Waals surface area contributed by atoms with Gasteiger partial charge in [0.25, 0.3) is 21.8 Å². The number of sulfonamides is 1. The maximum Gasteiger partial charge on any atom is 0.269 e.